The molecule has 2 N–H and O–H groups in total. The fourth-order valence-electron chi connectivity index (χ4n) is 2.90. The van der Waals surface area contributed by atoms with E-state index in [0.717, 1.165) is 5.69 Å². The SMILES string of the molecule is CC(N)C1CN(C(=O)c2cccn2C2CCC2)CCO1. The first-order chi connectivity index (χ1) is 9.66. The highest BCUT2D eigenvalue weighted by atomic mass is 16.5. The normalized spacial score (nSPS) is 25.3. The second-order valence-corrected chi connectivity index (χ2v) is 5.90. The Kier molecular flexibility index (Phi) is 3.81. The summed E-state index contributed by atoms with van der Waals surface area (Å²) in [5, 5.41) is 0. The minimum absolute atomic E-state index is 0.0518. The van der Waals surface area contributed by atoms with Gasteiger partial charge in [-0.1, -0.05) is 0 Å². The van der Waals surface area contributed by atoms with Crippen LogP contribution in [0.5, 0.6) is 0 Å². The molecule has 20 heavy (non-hydrogen) atoms. The molecule has 1 aromatic rings. The zero-order chi connectivity index (χ0) is 14.1. The molecular weight excluding hydrogens is 254 g/mol. The minimum Gasteiger partial charge on any atom is -0.373 e. The third-order valence-electron chi connectivity index (χ3n) is 4.43. The van der Waals surface area contributed by atoms with E-state index in [9.17, 15) is 4.79 Å². The van der Waals surface area contributed by atoms with E-state index in [1.165, 1.54) is 19.3 Å². The largest absolute Gasteiger partial charge is 0.373 e. The fraction of sp³-hybridized carbons (Fsp3) is 0.667. The van der Waals surface area contributed by atoms with Crippen LogP contribution in [0.1, 0.15) is 42.7 Å². The number of carbonyl (C=O) groups excluding carboxylic acids is 1. The Balaban J connectivity index is 1.73. The monoisotopic (exact) mass is 277 g/mol. The molecule has 2 atom stereocenters. The highest BCUT2D eigenvalue weighted by molar-refractivity contribution is 5.93. The summed E-state index contributed by atoms with van der Waals surface area (Å²) in [5.74, 6) is 0.107. The van der Waals surface area contributed by atoms with Crippen LogP contribution in [0.4, 0.5) is 0 Å². The second kappa shape index (κ2) is 5.58. The van der Waals surface area contributed by atoms with E-state index in [1.54, 1.807) is 0 Å². The van der Waals surface area contributed by atoms with Crippen LogP contribution in [0.15, 0.2) is 18.3 Å². The lowest BCUT2D eigenvalue weighted by Crippen LogP contribution is -2.51. The summed E-state index contributed by atoms with van der Waals surface area (Å²) in [6, 6.07) is 4.35. The standard InChI is InChI=1S/C15H23N3O2/c1-11(16)14-10-17(8-9-20-14)15(19)13-6-3-7-18(13)12-4-2-5-12/h3,6-7,11-12,14H,2,4-5,8-10,16H2,1H3. The molecule has 2 aliphatic rings. The molecular formula is C15H23N3O2. The molecule has 1 amide bonds. The molecule has 0 bridgehead atoms. The van der Waals surface area contributed by atoms with E-state index in [1.807, 2.05) is 30.2 Å². The van der Waals surface area contributed by atoms with Gasteiger partial charge in [-0.05, 0) is 38.3 Å². The molecule has 5 nitrogen and oxygen atoms in total. The molecule has 3 rings (SSSR count). The van der Waals surface area contributed by atoms with E-state index >= 15 is 0 Å². The Morgan fingerprint density at radius 3 is 2.95 bits per heavy atom. The summed E-state index contributed by atoms with van der Waals surface area (Å²) in [4.78, 5) is 14.6. The predicted molar refractivity (Wildman–Crippen MR) is 76.6 cm³/mol. The summed E-state index contributed by atoms with van der Waals surface area (Å²) in [5.41, 5.74) is 6.69. The smallest absolute Gasteiger partial charge is 0.270 e. The Morgan fingerprint density at radius 2 is 2.30 bits per heavy atom. The van der Waals surface area contributed by atoms with E-state index in [0.29, 0.717) is 25.7 Å². The average Bonchev–Trinajstić information content (AvgIpc) is 2.85. The van der Waals surface area contributed by atoms with Crippen molar-refractivity contribution in [2.24, 2.45) is 5.73 Å². The number of hydrogen-bond acceptors (Lipinski definition) is 3. The zero-order valence-corrected chi connectivity index (χ0v) is 12.0. The second-order valence-electron chi connectivity index (χ2n) is 5.90. The van der Waals surface area contributed by atoms with Gasteiger partial charge in [-0.25, -0.2) is 0 Å². The van der Waals surface area contributed by atoms with Crippen molar-refractivity contribution in [3.05, 3.63) is 24.0 Å². The zero-order valence-electron chi connectivity index (χ0n) is 12.0. The Hall–Kier alpha value is -1.33. The number of ether oxygens (including phenoxy) is 1. The van der Waals surface area contributed by atoms with Crippen molar-refractivity contribution in [2.75, 3.05) is 19.7 Å². The number of nitrogens with zero attached hydrogens (tertiary/aromatic N) is 2. The van der Waals surface area contributed by atoms with Crippen LogP contribution in [-0.4, -0.2) is 47.2 Å². The lowest BCUT2D eigenvalue weighted by molar-refractivity contribution is -0.0304. The van der Waals surface area contributed by atoms with Gasteiger partial charge < -0.3 is 19.9 Å². The van der Waals surface area contributed by atoms with Crippen LogP contribution in [-0.2, 0) is 4.74 Å². The van der Waals surface area contributed by atoms with E-state index in [4.69, 9.17) is 10.5 Å². The Labute approximate surface area is 119 Å². The number of amides is 1. The molecule has 2 unspecified atom stereocenters. The van der Waals surface area contributed by atoms with Gasteiger partial charge in [0.25, 0.3) is 5.91 Å². The molecule has 1 aliphatic heterocycles. The van der Waals surface area contributed by atoms with Crippen LogP contribution in [0.3, 0.4) is 0 Å². The molecule has 2 fully saturated rings. The van der Waals surface area contributed by atoms with Crippen molar-refractivity contribution in [3.63, 3.8) is 0 Å². The quantitative estimate of drug-likeness (QED) is 0.908. The van der Waals surface area contributed by atoms with Gasteiger partial charge in [-0.2, -0.15) is 0 Å². The lowest BCUT2D eigenvalue weighted by Gasteiger charge is -2.36. The highest BCUT2D eigenvalue weighted by Crippen LogP contribution is 2.33. The van der Waals surface area contributed by atoms with E-state index < -0.39 is 0 Å². The van der Waals surface area contributed by atoms with E-state index in [-0.39, 0.29) is 18.1 Å². The summed E-state index contributed by atoms with van der Waals surface area (Å²) in [6.45, 7) is 3.74. The molecule has 1 saturated heterocycles. The van der Waals surface area contributed by atoms with Crippen molar-refractivity contribution in [1.29, 1.82) is 0 Å². The molecule has 5 heteroatoms. The van der Waals surface area contributed by atoms with E-state index in [2.05, 4.69) is 4.57 Å². The average molecular weight is 277 g/mol. The van der Waals surface area contributed by atoms with Gasteiger partial charge in [0.2, 0.25) is 0 Å². The molecule has 1 aliphatic carbocycles. The molecule has 2 heterocycles. The van der Waals surface area contributed by atoms with Gasteiger partial charge >= 0.3 is 0 Å². The van der Waals surface area contributed by atoms with Crippen LogP contribution < -0.4 is 5.73 Å². The number of hydrogen-bond donors (Lipinski definition) is 1. The molecule has 1 saturated carbocycles. The van der Waals surface area contributed by atoms with Gasteiger partial charge in [0.1, 0.15) is 5.69 Å². The van der Waals surface area contributed by atoms with Gasteiger partial charge in [-0.15, -0.1) is 0 Å². The number of morpholine rings is 1. The first-order valence-electron chi connectivity index (χ1n) is 7.50. The third-order valence-corrected chi connectivity index (χ3v) is 4.43. The summed E-state index contributed by atoms with van der Waals surface area (Å²) < 4.78 is 7.76. The van der Waals surface area contributed by atoms with Gasteiger partial charge in [0.05, 0.1) is 12.7 Å². The molecule has 0 aromatic carbocycles. The summed E-state index contributed by atoms with van der Waals surface area (Å²) in [6.07, 6.45) is 5.60. The van der Waals surface area contributed by atoms with Crippen molar-refractivity contribution in [2.45, 2.75) is 44.4 Å². The van der Waals surface area contributed by atoms with Gasteiger partial charge in [0.15, 0.2) is 0 Å². The topological polar surface area (TPSA) is 60.5 Å². The maximum atomic E-state index is 12.7. The number of aromatic nitrogens is 1. The summed E-state index contributed by atoms with van der Waals surface area (Å²) in [7, 11) is 0. The Bertz CT molecular complexity index is 479. The molecule has 110 valence electrons. The molecule has 0 radical (unpaired) electrons. The van der Waals surface area contributed by atoms with Crippen LogP contribution in [0.25, 0.3) is 0 Å². The van der Waals surface area contributed by atoms with Crippen molar-refractivity contribution >= 4 is 5.91 Å². The first kappa shape index (κ1) is 13.6. The van der Waals surface area contributed by atoms with Crippen LogP contribution in [0, 0.1) is 0 Å². The molecule has 0 spiro atoms. The van der Waals surface area contributed by atoms with Crippen molar-refractivity contribution < 1.29 is 9.53 Å². The van der Waals surface area contributed by atoms with Gasteiger partial charge in [-0.3, -0.25) is 4.79 Å². The number of nitrogens with two attached hydrogens (primary N) is 1. The maximum absolute atomic E-state index is 12.7. The maximum Gasteiger partial charge on any atom is 0.270 e. The molecule has 1 aromatic heterocycles. The van der Waals surface area contributed by atoms with Crippen molar-refractivity contribution in [1.82, 2.24) is 9.47 Å². The number of rotatable bonds is 3. The highest BCUT2D eigenvalue weighted by Gasteiger charge is 2.30. The lowest BCUT2D eigenvalue weighted by atomic mass is 9.93. The third kappa shape index (κ3) is 2.47. The Morgan fingerprint density at radius 1 is 1.50 bits per heavy atom. The number of carbonyl (C=O) groups is 1. The predicted octanol–water partition coefficient (Wildman–Crippen LogP) is 1.40. The van der Waals surface area contributed by atoms with Crippen LogP contribution >= 0.6 is 0 Å². The minimum atomic E-state index is -0.0557. The van der Waals surface area contributed by atoms with Gasteiger partial charge in [0, 0.05) is 31.4 Å². The van der Waals surface area contributed by atoms with Crippen LogP contribution in [0.2, 0.25) is 0 Å². The fourth-order valence-corrected chi connectivity index (χ4v) is 2.90. The first-order valence-corrected chi connectivity index (χ1v) is 7.50. The van der Waals surface area contributed by atoms with Crippen molar-refractivity contribution in [3.8, 4) is 0 Å². The summed E-state index contributed by atoms with van der Waals surface area (Å²) >= 11 is 0.